The van der Waals surface area contributed by atoms with Crippen LogP contribution in [0, 0.1) is 0 Å². The molecule has 0 saturated carbocycles. The standard InChI is InChI=1S/C43H78IN2O4/c1-3-5-7-9-11-13-15-17-19-21-23-25-27-29-31-33-40(48)43-45(39-41(44)46(43)35-37-47)36-38-50-42(49)34-32-30-28-26-24-22-20-18-16-14-12-10-8-6-4-2/h17-20,41,47H,3-16,21-39H2,1-2H3/q+1/b19-17-,20-18-. The zero-order valence-electron chi connectivity index (χ0n) is 32.7. The molecular formula is C43H78IN2O4+. The molecule has 0 radical (unpaired) electrons. The molecule has 1 aliphatic rings. The number of esters is 1. The summed E-state index contributed by atoms with van der Waals surface area (Å²) in [7, 11) is 0. The van der Waals surface area contributed by atoms with E-state index in [1.165, 1.54) is 135 Å². The second-order valence-corrected chi connectivity index (χ2v) is 15.9. The first-order chi connectivity index (χ1) is 24.5. The number of hydrogen-bond acceptors (Lipinski definition) is 5. The van der Waals surface area contributed by atoms with Crippen LogP contribution in [0.1, 0.15) is 194 Å². The minimum atomic E-state index is -0.138. The van der Waals surface area contributed by atoms with Gasteiger partial charge in [-0.05, 0) is 86.8 Å². The molecule has 0 aliphatic carbocycles. The Morgan fingerprint density at radius 1 is 0.680 bits per heavy atom. The molecule has 1 unspecified atom stereocenters. The third kappa shape index (κ3) is 25.7. The van der Waals surface area contributed by atoms with Gasteiger partial charge < -0.3 is 9.84 Å². The van der Waals surface area contributed by atoms with Crippen LogP contribution in [0.5, 0.6) is 0 Å². The van der Waals surface area contributed by atoms with Crippen molar-refractivity contribution in [3.8, 4) is 0 Å². The Labute approximate surface area is 322 Å². The van der Waals surface area contributed by atoms with Gasteiger partial charge in [-0.1, -0.05) is 141 Å². The third-order valence-electron chi connectivity index (χ3n) is 9.80. The van der Waals surface area contributed by atoms with E-state index in [2.05, 4.69) is 65.3 Å². The number of unbranched alkanes of at least 4 members (excludes halogenated alkanes) is 22. The lowest BCUT2D eigenvalue weighted by molar-refractivity contribution is -0.519. The second-order valence-electron chi connectivity index (χ2n) is 14.4. The number of Topliss-reactive ketones (excluding diaryl/α,β-unsaturated/α-hetero) is 1. The van der Waals surface area contributed by atoms with Crippen molar-refractivity contribution in [1.29, 1.82) is 0 Å². The molecule has 50 heavy (non-hydrogen) atoms. The fourth-order valence-electron chi connectivity index (χ4n) is 6.72. The number of alkyl halides is 1. The van der Waals surface area contributed by atoms with Crippen LogP contribution in [0.4, 0.5) is 0 Å². The molecule has 0 saturated heterocycles. The van der Waals surface area contributed by atoms with E-state index in [1.54, 1.807) is 0 Å². The summed E-state index contributed by atoms with van der Waals surface area (Å²) in [5.74, 6) is 0.707. The van der Waals surface area contributed by atoms with Gasteiger partial charge >= 0.3 is 11.8 Å². The molecule has 290 valence electrons. The number of ketones is 1. The molecule has 0 aromatic carbocycles. The van der Waals surface area contributed by atoms with Crippen molar-refractivity contribution < 1.29 is 24.0 Å². The summed E-state index contributed by atoms with van der Waals surface area (Å²) in [5.41, 5.74) is 0. The van der Waals surface area contributed by atoms with Crippen LogP contribution in [0.3, 0.4) is 0 Å². The molecule has 1 atom stereocenters. The Morgan fingerprint density at radius 2 is 1.10 bits per heavy atom. The maximum Gasteiger partial charge on any atom is 0.317 e. The number of aliphatic hydroxyl groups excluding tert-OH is 1. The van der Waals surface area contributed by atoms with Gasteiger partial charge in [0.05, 0.1) is 6.61 Å². The van der Waals surface area contributed by atoms with Gasteiger partial charge in [-0.25, -0.2) is 4.90 Å². The summed E-state index contributed by atoms with van der Waals surface area (Å²) < 4.78 is 7.78. The van der Waals surface area contributed by atoms with Crippen LogP contribution < -0.4 is 0 Å². The zero-order chi connectivity index (χ0) is 36.3. The average Bonchev–Trinajstić information content (AvgIpc) is 3.42. The summed E-state index contributed by atoms with van der Waals surface area (Å²) in [6.45, 7) is 6.53. The van der Waals surface area contributed by atoms with Gasteiger partial charge in [-0.2, -0.15) is 0 Å². The number of nitrogens with zero attached hydrogens (tertiary/aromatic N) is 2. The van der Waals surface area contributed by atoms with Gasteiger partial charge in [-0.3, -0.25) is 14.2 Å². The van der Waals surface area contributed by atoms with Gasteiger partial charge in [0.25, 0.3) is 0 Å². The van der Waals surface area contributed by atoms with E-state index in [1.807, 2.05) is 4.90 Å². The Kier molecular flexibility index (Phi) is 32.6. The Bertz CT molecular complexity index is 919. The first kappa shape index (κ1) is 46.8. The highest BCUT2D eigenvalue weighted by atomic mass is 127. The quantitative estimate of drug-likeness (QED) is 0.0130. The van der Waals surface area contributed by atoms with Crippen molar-refractivity contribution in [2.45, 2.75) is 198 Å². The number of amidine groups is 1. The van der Waals surface area contributed by atoms with E-state index >= 15 is 0 Å². The summed E-state index contributed by atoms with van der Waals surface area (Å²) in [6, 6.07) is 0. The van der Waals surface area contributed by atoms with E-state index in [4.69, 9.17) is 4.74 Å². The fraction of sp³-hybridized carbons (Fsp3) is 0.837. The van der Waals surface area contributed by atoms with E-state index < -0.39 is 0 Å². The molecule has 1 rings (SSSR count). The normalized spacial score (nSPS) is 15.0. The number of allylic oxidation sites excluding steroid dienone is 4. The van der Waals surface area contributed by atoms with Crippen LogP contribution in [-0.2, 0) is 14.3 Å². The lowest BCUT2D eigenvalue weighted by atomic mass is 10.1. The van der Waals surface area contributed by atoms with E-state index in [9.17, 15) is 14.7 Å². The molecular weight excluding hydrogens is 735 g/mol. The number of carbonyl (C=O) groups excluding carboxylic acids is 2. The maximum atomic E-state index is 13.4. The Hall–Kier alpha value is -1.22. The highest BCUT2D eigenvalue weighted by Gasteiger charge is 2.41. The van der Waals surface area contributed by atoms with Crippen LogP contribution in [0.2, 0.25) is 0 Å². The molecule has 1 heterocycles. The maximum absolute atomic E-state index is 13.4. The average molecular weight is 814 g/mol. The molecule has 1 N–H and O–H groups in total. The second kappa shape index (κ2) is 34.8. The van der Waals surface area contributed by atoms with Gasteiger partial charge in [0, 0.05) is 12.8 Å². The monoisotopic (exact) mass is 814 g/mol. The molecule has 0 spiro atoms. The highest BCUT2D eigenvalue weighted by Crippen LogP contribution is 2.19. The smallest absolute Gasteiger partial charge is 0.317 e. The van der Waals surface area contributed by atoms with Crippen molar-refractivity contribution in [2.24, 2.45) is 0 Å². The lowest BCUT2D eigenvalue weighted by Crippen LogP contribution is -2.40. The number of β-amino-alcohol motifs (C(OH)–C–C–N with tert-alkyl or cyclic N) is 1. The number of hydrogen-bond donors (Lipinski definition) is 1. The molecule has 7 heteroatoms. The van der Waals surface area contributed by atoms with Crippen molar-refractivity contribution in [2.75, 3.05) is 32.8 Å². The van der Waals surface area contributed by atoms with Gasteiger partial charge in [-0.15, -0.1) is 0 Å². The minimum absolute atomic E-state index is 0.0163. The summed E-state index contributed by atoms with van der Waals surface area (Å²) in [4.78, 5) is 27.8. The molecule has 0 fully saturated rings. The van der Waals surface area contributed by atoms with Gasteiger partial charge in [0.2, 0.25) is 5.78 Å². The number of rotatable bonds is 36. The van der Waals surface area contributed by atoms with E-state index in [0.717, 1.165) is 32.1 Å². The van der Waals surface area contributed by atoms with Crippen molar-refractivity contribution in [3.63, 3.8) is 0 Å². The highest BCUT2D eigenvalue weighted by molar-refractivity contribution is 14.1. The molecule has 0 bridgehead atoms. The van der Waals surface area contributed by atoms with E-state index in [-0.39, 0.29) is 22.4 Å². The molecule has 6 nitrogen and oxygen atoms in total. The van der Waals surface area contributed by atoms with Crippen LogP contribution in [-0.4, -0.2) is 69.1 Å². The van der Waals surface area contributed by atoms with Gasteiger partial charge in [0.15, 0.2) is 4.05 Å². The summed E-state index contributed by atoms with van der Waals surface area (Å²) in [6.07, 6.45) is 42.6. The van der Waals surface area contributed by atoms with Gasteiger partial charge in [0.1, 0.15) is 26.2 Å². The zero-order valence-corrected chi connectivity index (χ0v) is 34.8. The molecule has 0 aromatic heterocycles. The first-order valence-electron chi connectivity index (χ1n) is 21.2. The number of ether oxygens (including phenoxy) is 1. The number of aliphatic hydroxyl groups is 1. The van der Waals surface area contributed by atoms with Crippen LogP contribution in [0.15, 0.2) is 24.3 Å². The molecule has 0 amide bonds. The predicted octanol–water partition coefficient (Wildman–Crippen LogP) is 11.7. The number of halogens is 1. The van der Waals surface area contributed by atoms with Crippen LogP contribution >= 0.6 is 22.6 Å². The predicted molar refractivity (Wildman–Crippen MR) is 221 cm³/mol. The van der Waals surface area contributed by atoms with E-state index in [0.29, 0.717) is 44.9 Å². The third-order valence-corrected chi connectivity index (χ3v) is 10.9. The SMILES string of the molecule is CCCCCCCC/C=C\CCCCCCCC(=O)OCC[N+]1=C(C(=O)CCCCCCC/C=C\CCCCCCCC)N(CCO)C(I)C1. The first-order valence-corrected chi connectivity index (χ1v) is 22.4. The fourth-order valence-corrected chi connectivity index (χ4v) is 7.74. The van der Waals surface area contributed by atoms with Crippen molar-refractivity contribution in [3.05, 3.63) is 24.3 Å². The largest absolute Gasteiger partial charge is 0.462 e. The topological polar surface area (TPSA) is 69.9 Å². The van der Waals surface area contributed by atoms with Crippen molar-refractivity contribution in [1.82, 2.24) is 4.90 Å². The number of carbonyl (C=O) groups is 2. The Balaban J connectivity index is 2.20. The minimum Gasteiger partial charge on any atom is -0.462 e. The Morgan fingerprint density at radius 3 is 1.56 bits per heavy atom. The molecule has 1 aliphatic heterocycles. The lowest BCUT2D eigenvalue weighted by Gasteiger charge is -2.14. The summed E-state index contributed by atoms with van der Waals surface area (Å²) in [5, 5.41) is 9.66. The van der Waals surface area contributed by atoms with Crippen LogP contribution in [0.25, 0.3) is 0 Å². The molecule has 0 aromatic rings. The summed E-state index contributed by atoms with van der Waals surface area (Å²) >= 11 is 2.36. The van der Waals surface area contributed by atoms with Crippen molar-refractivity contribution >= 4 is 40.2 Å².